The van der Waals surface area contributed by atoms with E-state index in [9.17, 15) is 18.0 Å². The third-order valence-corrected chi connectivity index (χ3v) is 6.74. The number of para-hydroxylation sites is 1. The van der Waals surface area contributed by atoms with E-state index in [0.717, 1.165) is 33.9 Å². The van der Waals surface area contributed by atoms with Crippen LogP contribution in [0, 0.1) is 0 Å². The average Bonchev–Trinajstić information content (AvgIpc) is 3.20. The van der Waals surface area contributed by atoms with Crippen LogP contribution in [-0.2, 0) is 16.0 Å². The molecular formula is C23H22F3N3O4S. The molecule has 3 aromatic rings. The van der Waals surface area contributed by atoms with Gasteiger partial charge in [0.05, 0.1) is 43.1 Å². The number of aromatic nitrogens is 1. The number of morpholine rings is 2. The number of fused-ring (bicyclic) bond motifs is 1. The second-order valence-electron chi connectivity index (χ2n) is 8.19. The molecule has 0 N–H and O–H groups in total. The van der Waals surface area contributed by atoms with Crippen molar-refractivity contribution in [3.8, 4) is 5.75 Å². The zero-order valence-corrected chi connectivity index (χ0v) is 18.9. The minimum atomic E-state index is -4.78. The van der Waals surface area contributed by atoms with E-state index in [1.54, 1.807) is 16.2 Å². The Morgan fingerprint density at radius 1 is 1.06 bits per heavy atom. The van der Waals surface area contributed by atoms with Crippen molar-refractivity contribution in [2.24, 2.45) is 0 Å². The molecule has 5 rings (SSSR count). The monoisotopic (exact) mass is 493 g/mol. The maximum absolute atomic E-state index is 13.0. The zero-order valence-electron chi connectivity index (χ0n) is 18.1. The minimum absolute atomic E-state index is 0.225. The first-order chi connectivity index (χ1) is 16.3. The van der Waals surface area contributed by atoms with Gasteiger partial charge in [0, 0.05) is 18.7 Å². The van der Waals surface area contributed by atoms with E-state index in [0.29, 0.717) is 32.8 Å². The Labute approximate surface area is 197 Å². The van der Waals surface area contributed by atoms with Crippen molar-refractivity contribution in [2.45, 2.75) is 18.7 Å². The molecule has 0 aliphatic carbocycles. The number of carbonyl (C=O) groups is 1. The predicted molar refractivity (Wildman–Crippen MR) is 119 cm³/mol. The van der Waals surface area contributed by atoms with Gasteiger partial charge in [0.25, 0.3) is 5.91 Å². The van der Waals surface area contributed by atoms with Crippen LogP contribution in [0.15, 0.2) is 48.5 Å². The van der Waals surface area contributed by atoms with Crippen molar-refractivity contribution in [1.29, 1.82) is 0 Å². The SMILES string of the molecule is O=C(c1ccc(OC(F)(F)F)cc1)N1CCOC2(CN(Cc3nc4ccccc4s3)CCO2)C1. The first kappa shape index (κ1) is 23.0. The van der Waals surface area contributed by atoms with Crippen molar-refractivity contribution in [1.82, 2.24) is 14.8 Å². The molecular weight excluding hydrogens is 471 g/mol. The van der Waals surface area contributed by atoms with Crippen LogP contribution in [0.4, 0.5) is 13.2 Å². The smallest absolute Gasteiger partial charge is 0.406 e. The number of nitrogens with zero attached hydrogens (tertiary/aromatic N) is 3. The summed E-state index contributed by atoms with van der Waals surface area (Å²) in [5, 5.41) is 1.00. The van der Waals surface area contributed by atoms with Crippen molar-refractivity contribution in [3.05, 3.63) is 59.1 Å². The van der Waals surface area contributed by atoms with Gasteiger partial charge in [-0.25, -0.2) is 4.98 Å². The molecule has 3 heterocycles. The third-order valence-electron chi connectivity index (χ3n) is 5.71. The molecule has 1 unspecified atom stereocenters. The molecule has 180 valence electrons. The second-order valence-corrected chi connectivity index (χ2v) is 9.31. The summed E-state index contributed by atoms with van der Waals surface area (Å²) in [6.45, 7) is 3.20. The highest BCUT2D eigenvalue weighted by molar-refractivity contribution is 7.18. The van der Waals surface area contributed by atoms with Gasteiger partial charge in [-0.2, -0.15) is 0 Å². The first-order valence-electron chi connectivity index (χ1n) is 10.8. The number of alkyl halides is 3. The Balaban J connectivity index is 1.24. The van der Waals surface area contributed by atoms with Crippen LogP contribution < -0.4 is 4.74 Å². The number of hydrogen-bond donors (Lipinski definition) is 0. The van der Waals surface area contributed by atoms with Gasteiger partial charge in [0.15, 0.2) is 5.79 Å². The van der Waals surface area contributed by atoms with Crippen LogP contribution in [0.25, 0.3) is 10.2 Å². The van der Waals surface area contributed by atoms with Crippen LogP contribution in [-0.4, -0.2) is 72.2 Å². The fraction of sp³-hybridized carbons (Fsp3) is 0.391. The van der Waals surface area contributed by atoms with Gasteiger partial charge in [0.1, 0.15) is 10.8 Å². The molecule has 0 radical (unpaired) electrons. The summed E-state index contributed by atoms with van der Waals surface area (Å²) in [5.41, 5.74) is 1.25. The molecule has 11 heteroatoms. The standard InChI is InChI=1S/C23H22F3N3O4S/c24-23(25,26)33-17-7-5-16(6-8-17)21(30)29-10-12-32-22(15-29)14-28(9-11-31-22)13-20-27-18-3-1-2-4-19(18)34-20/h1-8H,9-15H2. The molecule has 1 spiro atoms. The van der Waals surface area contributed by atoms with Gasteiger partial charge in [-0.3, -0.25) is 9.69 Å². The number of rotatable bonds is 4. The number of amides is 1. The lowest BCUT2D eigenvalue weighted by atomic mass is 10.1. The summed E-state index contributed by atoms with van der Waals surface area (Å²) >= 11 is 1.65. The Bertz CT molecular complexity index is 1130. The molecule has 2 aromatic carbocycles. The van der Waals surface area contributed by atoms with Crippen LogP contribution in [0.1, 0.15) is 15.4 Å². The number of thiazole rings is 1. The summed E-state index contributed by atoms with van der Waals surface area (Å²) in [7, 11) is 0. The lowest BCUT2D eigenvalue weighted by Gasteiger charge is -2.47. The molecule has 0 bridgehead atoms. The Hall–Kier alpha value is -2.73. The number of halogens is 3. The normalized spacial score (nSPS) is 21.8. The number of hydrogen-bond acceptors (Lipinski definition) is 7. The van der Waals surface area contributed by atoms with Crippen molar-refractivity contribution < 1.29 is 32.2 Å². The summed E-state index contributed by atoms with van der Waals surface area (Å²) in [5.74, 6) is -1.63. The highest BCUT2D eigenvalue weighted by Crippen LogP contribution is 2.29. The van der Waals surface area contributed by atoms with E-state index in [2.05, 4.69) is 9.64 Å². The van der Waals surface area contributed by atoms with Gasteiger partial charge in [0.2, 0.25) is 0 Å². The lowest BCUT2D eigenvalue weighted by molar-refractivity contribution is -0.287. The number of ether oxygens (including phenoxy) is 3. The molecule has 34 heavy (non-hydrogen) atoms. The topological polar surface area (TPSA) is 64.1 Å². The van der Waals surface area contributed by atoms with Crippen molar-refractivity contribution in [2.75, 3.05) is 39.4 Å². The van der Waals surface area contributed by atoms with Crippen molar-refractivity contribution >= 4 is 27.5 Å². The molecule has 7 nitrogen and oxygen atoms in total. The summed E-state index contributed by atoms with van der Waals surface area (Å²) in [6, 6.07) is 12.9. The minimum Gasteiger partial charge on any atom is -0.406 e. The number of carbonyl (C=O) groups excluding carboxylic acids is 1. The maximum atomic E-state index is 13.0. The first-order valence-corrected chi connectivity index (χ1v) is 11.6. The molecule has 1 atom stereocenters. The lowest BCUT2D eigenvalue weighted by Crippen LogP contribution is -2.62. The molecule has 1 aromatic heterocycles. The van der Waals surface area contributed by atoms with E-state index in [1.165, 1.54) is 12.1 Å². The number of benzene rings is 2. The highest BCUT2D eigenvalue weighted by atomic mass is 32.1. The van der Waals surface area contributed by atoms with Crippen LogP contribution in [0.3, 0.4) is 0 Å². The van der Waals surface area contributed by atoms with E-state index in [-0.39, 0.29) is 23.8 Å². The summed E-state index contributed by atoms with van der Waals surface area (Å²) in [6.07, 6.45) is -4.78. The average molecular weight is 494 g/mol. The van der Waals surface area contributed by atoms with Crippen molar-refractivity contribution in [3.63, 3.8) is 0 Å². The molecule has 2 fully saturated rings. The molecule has 2 aliphatic heterocycles. The van der Waals surface area contributed by atoms with Gasteiger partial charge in [-0.05, 0) is 36.4 Å². The fourth-order valence-electron chi connectivity index (χ4n) is 4.24. The fourth-order valence-corrected chi connectivity index (χ4v) is 5.25. The van der Waals surface area contributed by atoms with E-state index < -0.39 is 12.1 Å². The molecule has 2 aliphatic rings. The molecule has 0 saturated carbocycles. The Kier molecular flexibility index (Phi) is 6.19. The van der Waals surface area contributed by atoms with Gasteiger partial charge in [-0.1, -0.05) is 12.1 Å². The van der Waals surface area contributed by atoms with Crippen LogP contribution in [0.5, 0.6) is 5.75 Å². The zero-order chi connectivity index (χ0) is 23.8. The Morgan fingerprint density at radius 3 is 2.53 bits per heavy atom. The molecule has 1 amide bonds. The maximum Gasteiger partial charge on any atom is 0.573 e. The van der Waals surface area contributed by atoms with Gasteiger partial charge in [-0.15, -0.1) is 24.5 Å². The second kappa shape index (κ2) is 9.14. The van der Waals surface area contributed by atoms with Crippen LogP contribution in [0.2, 0.25) is 0 Å². The van der Waals surface area contributed by atoms with E-state index in [4.69, 9.17) is 14.5 Å². The Morgan fingerprint density at radius 2 is 1.79 bits per heavy atom. The quantitative estimate of drug-likeness (QED) is 0.550. The largest absolute Gasteiger partial charge is 0.573 e. The van der Waals surface area contributed by atoms with Crippen LogP contribution >= 0.6 is 11.3 Å². The van der Waals surface area contributed by atoms with Gasteiger partial charge >= 0.3 is 6.36 Å². The van der Waals surface area contributed by atoms with Gasteiger partial charge < -0.3 is 19.1 Å². The van der Waals surface area contributed by atoms with E-state index in [1.807, 2.05) is 24.3 Å². The molecule has 2 saturated heterocycles. The highest BCUT2D eigenvalue weighted by Gasteiger charge is 2.43. The van der Waals surface area contributed by atoms with E-state index >= 15 is 0 Å². The summed E-state index contributed by atoms with van der Waals surface area (Å²) in [4.78, 5) is 21.5. The summed E-state index contributed by atoms with van der Waals surface area (Å²) < 4.78 is 54.2. The third kappa shape index (κ3) is 5.17. The predicted octanol–water partition coefficient (Wildman–Crippen LogP) is 3.90.